The molecular formula is C13H21NO. The molecule has 0 heterocycles. The van der Waals surface area contributed by atoms with Crippen LogP contribution in [-0.4, -0.2) is 24.3 Å². The zero-order valence-electron chi connectivity index (χ0n) is 9.45. The van der Waals surface area contributed by atoms with E-state index in [2.05, 4.69) is 36.5 Å². The van der Waals surface area contributed by atoms with Gasteiger partial charge in [-0.05, 0) is 31.4 Å². The molecule has 2 heteroatoms. The molecule has 15 heavy (non-hydrogen) atoms. The fourth-order valence-corrected chi connectivity index (χ4v) is 1.78. The van der Waals surface area contributed by atoms with Gasteiger partial charge >= 0.3 is 0 Å². The van der Waals surface area contributed by atoms with Crippen molar-refractivity contribution in [1.82, 2.24) is 5.32 Å². The molecular weight excluding hydrogens is 186 g/mol. The summed E-state index contributed by atoms with van der Waals surface area (Å²) in [6, 6.07) is 10.9. The molecule has 0 fully saturated rings. The summed E-state index contributed by atoms with van der Waals surface area (Å²) in [5, 5.41) is 12.3. The molecule has 0 aliphatic carbocycles. The lowest BCUT2D eigenvalue weighted by atomic mass is 10.0. The van der Waals surface area contributed by atoms with Crippen molar-refractivity contribution in [3.8, 4) is 0 Å². The van der Waals surface area contributed by atoms with Crippen LogP contribution in [0.15, 0.2) is 30.3 Å². The number of hydrogen-bond donors (Lipinski definition) is 2. The van der Waals surface area contributed by atoms with Crippen molar-refractivity contribution in [2.24, 2.45) is 0 Å². The van der Waals surface area contributed by atoms with Gasteiger partial charge in [-0.1, -0.05) is 37.3 Å². The number of aliphatic hydroxyl groups is 1. The molecule has 0 bridgehead atoms. The van der Waals surface area contributed by atoms with Crippen molar-refractivity contribution >= 4 is 0 Å². The van der Waals surface area contributed by atoms with E-state index in [0.29, 0.717) is 6.04 Å². The van der Waals surface area contributed by atoms with Gasteiger partial charge < -0.3 is 10.4 Å². The van der Waals surface area contributed by atoms with E-state index in [0.717, 1.165) is 25.8 Å². The number of rotatable bonds is 7. The Morgan fingerprint density at radius 1 is 1.20 bits per heavy atom. The van der Waals surface area contributed by atoms with Crippen molar-refractivity contribution in [3.63, 3.8) is 0 Å². The number of nitrogens with one attached hydrogen (secondary N) is 1. The Morgan fingerprint density at radius 2 is 1.93 bits per heavy atom. The molecule has 0 saturated heterocycles. The molecule has 0 aliphatic heterocycles. The van der Waals surface area contributed by atoms with Crippen LogP contribution < -0.4 is 5.32 Å². The zero-order chi connectivity index (χ0) is 10.9. The second-order valence-corrected chi connectivity index (χ2v) is 3.79. The Morgan fingerprint density at radius 3 is 2.53 bits per heavy atom. The number of hydrogen-bond acceptors (Lipinski definition) is 2. The lowest BCUT2D eigenvalue weighted by molar-refractivity contribution is 0.261. The Balaban J connectivity index is 2.33. The highest BCUT2D eigenvalue weighted by molar-refractivity contribution is 5.14. The third kappa shape index (κ3) is 4.96. The minimum atomic E-state index is 0.270. The fraction of sp³-hybridized carbons (Fsp3) is 0.538. The van der Waals surface area contributed by atoms with Gasteiger partial charge in [-0.25, -0.2) is 0 Å². The molecule has 0 saturated carbocycles. The summed E-state index contributed by atoms with van der Waals surface area (Å²) < 4.78 is 0. The predicted octanol–water partition coefficient (Wildman–Crippen LogP) is 1.98. The summed E-state index contributed by atoms with van der Waals surface area (Å²) in [6.07, 6.45) is 3.03. The number of aryl methyl sites for hydroxylation is 1. The average molecular weight is 207 g/mol. The summed E-state index contributed by atoms with van der Waals surface area (Å²) >= 11 is 0. The van der Waals surface area contributed by atoms with Gasteiger partial charge in [0, 0.05) is 12.6 Å². The first-order valence-corrected chi connectivity index (χ1v) is 5.75. The topological polar surface area (TPSA) is 32.3 Å². The van der Waals surface area contributed by atoms with Gasteiger partial charge in [-0.2, -0.15) is 0 Å². The summed E-state index contributed by atoms with van der Waals surface area (Å²) in [7, 11) is 0. The second kappa shape index (κ2) is 7.43. The molecule has 1 rings (SSSR count). The van der Waals surface area contributed by atoms with Crippen LogP contribution in [0.5, 0.6) is 0 Å². The van der Waals surface area contributed by atoms with E-state index >= 15 is 0 Å². The van der Waals surface area contributed by atoms with E-state index in [1.807, 2.05) is 6.07 Å². The first kappa shape index (κ1) is 12.2. The summed E-state index contributed by atoms with van der Waals surface area (Å²) in [5.41, 5.74) is 1.37. The molecule has 0 spiro atoms. The number of aliphatic hydroxyl groups excluding tert-OH is 1. The smallest absolute Gasteiger partial charge is 0.0445 e. The molecule has 2 nitrogen and oxygen atoms in total. The minimum absolute atomic E-state index is 0.270. The predicted molar refractivity (Wildman–Crippen MR) is 63.9 cm³/mol. The van der Waals surface area contributed by atoms with Crippen LogP contribution in [0.1, 0.15) is 25.3 Å². The van der Waals surface area contributed by atoms with Gasteiger partial charge in [0.15, 0.2) is 0 Å². The molecule has 1 aromatic carbocycles. The molecule has 0 amide bonds. The third-order valence-corrected chi connectivity index (χ3v) is 2.59. The molecule has 84 valence electrons. The van der Waals surface area contributed by atoms with E-state index in [-0.39, 0.29) is 6.61 Å². The van der Waals surface area contributed by atoms with Crippen LogP contribution in [-0.2, 0) is 6.42 Å². The first-order chi connectivity index (χ1) is 7.36. The standard InChI is InChI=1S/C13H21NO/c1-2-14-13(10-11-15)9-8-12-6-4-3-5-7-12/h3-7,13-15H,2,8-11H2,1H3. The van der Waals surface area contributed by atoms with Gasteiger partial charge in [0.05, 0.1) is 0 Å². The fourth-order valence-electron chi connectivity index (χ4n) is 1.78. The van der Waals surface area contributed by atoms with Crippen LogP contribution in [0.25, 0.3) is 0 Å². The lowest BCUT2D eigenvalue weighted by Crippen LogP contribution is -2.30. The largest absolute Gasteiger partial charge is 0.396 e. The Kier molecular flexibility index (Phi) is 6.05. The van der Waals surface area contributed by atoms with Crippen LogP contribution in [0.4, 0.5) is 0 Å². The Bertz CT molecular complexity index is 242. The molecule has 1 aromatic rings. The van der Waals surface area contributed by atoms with E-state index in [1.54, 1.807) is 0 Å². The molecule has 0 aromatic heterocycles. The van der Waals surface area contributed by atoms with Crippen LogP contribution in [0.3, 0.4) is 0 Å². The van der Waals surface area contributed by atoms with Gasteiger partial charge in [-0.3, -0.25) is 0 Å². The Labute approximate surface area is 92.3 Å². The van der Waals surface area contributed by atoms with Crippen molar-refractivity contribution in [3.05, 3.63) is 35.9 Å². The van der Waals surface area contributed by atoms with Gasteiger partial charge in [0.1, 0.15) is 0 Å². The average Bonchev–Trinajstić information content (AvgIpc) is 2.28. The van der Waals surface area contributed by atoms with Crippen LogP contribution in [0.2, 0.25) is 0 Å². The van der Waals surface area contributed by atoms with Crippen molar-refractivity contribution in [1.29, 1.82) is 0 Å². The highest BCUT2D eigenvalue weighted by Crippen LogP contribution is 2.06. The van der Waals surface area contributed by atoms with E-state index < -0.39 is 0 Å². The van der Waals surface area contributed by atoms with E-state index in [4.69, 9.17) is 5.11 Å². The maximum Gasteiger partial charge on any atom is 0.0445 e. The Hall–Kier alpha value is -0.860. The molecule has 1 unspecified atom stereocenters. The van der Waals surface area contributed by atoms with Crippen LogP contribution in [0, 0.1) is 0 Å². The molecule has 2 N–H and O–H groups in total. The van der Waals surface area contributed by atoms with Gasteiger partial charge in [0.2, 0.25) is 0 Å². The summed E-state index contributed by atoms with van der Waals surface area (Å²) in [5.74, 6) is 0. The quantitative estimate of drug-likeness (QED) is 0.716. The highest BCUT2D eigenvalue weighted by Gasteiger charge is 2.05. The maximum atomic E-state index is 8.92. The highest BCUT2D eigenvalue weighted by atomic mass is 16.3. The molecule has 0 aliphatic rings. The van der Waals surface area contributed by atoms with Gasteiger partial charge in [-0.15, -0.1) is 0 Å². The minimum Gasteiger partial charge on any atom is -0.396 e. The SMILES string of the molecule is CCNC(CCO)CCc1ccccc1. The molecule has 1 atom stereocenters. The lowest BCUT2D eigenvalue weighted by Gasteiger charge is -2.16. The number of benzene rings is 1. The zero-order valence-corrected chi connectivity index (χ0v) is 9.45. The van der Waals surface area contributed by atoms with Gasteiger partial charge in [0.25, 0.3) is 0 Å². The van der Waals surface area contributed by atoms with Crippen molar-refractivity contribution in [2.75, 3.05) is 13.2 Å². The first-order valence-electron chi connectivity index (χ1n) is 5.75. The van der Waals surface area contributed by atoms with Crippen molar-refractivity contribution in [2.45, 2.75) is 32.2 Å². The monoisotopic (exact) mass is 207 g/mol. The summed E-state index contributed by atoms with van der Waals surface area (Å²) in [4.78, 5) is 0. The van der Waals surface area contributed by atoms with E-state index in [1.165, 1.54) is 5.56 Å². The normalized spacial score (nSPS) is 12.7. The van der Waals surface area contributed by atoms with E-state index in [9.17, 15) is 0 Å². The van der Waals surface area contributed by atoms with Crippen LogP contribution >= 0.6 is 0 Å². The maximum absolute atomic E-state index is 8.92. The summed E-state index contributed by atoms with van der Waals surface area (Å²) in [6.45, 7) is 3.35. The second-order valence-electron chi connectivity index (χ2n) is 3.79. The molecule has 0 radical (unpaired) electrons. The van der Waals surface area contributed by atoms with Crippen molar-refractivity contribution < 1.29 is 5.11 Å². The third-order valence-electron chi connectivity index (χ3n) is 2.59.